The Hall–Kier alpha value is -3.96. The number of carbonyl (C=O) groups is 1. The summed E-state index contributed by atoms with van der Waals surface area (Å²) in [7, 11) is 1.74. The molecule has 2 aromatic carbocycles. The lowest BCUT2D eigenvalue weighted by Crippen LogP contribution is -2.45. The molecular weight excluding hydrogens is 406 g/mol. The molecule has 0 aliphatic carbocycles. The number of Topliss-reactive ketones (excluding diaryl/α,β-unsaturated/α-hetero) is 1. The summed E-state index contributed by atoms with van der Waals surface area (Å²) < 4.78 is 2.30. The highest BCUT2D eigenvalue weighted by molar-refractivity contribution is 6.01. The number of nitrogens with two attached hydrogens (primary N) is 1. The van der Waals surface area contributed by atoms with Crippen molar-refractivity contribution in [3.05, 3.63) is 97.7 Å². The van der Waals surface area contributed by atoms with Gasteiger partial charge in [-0.25, -0.2) is 4.79 Å². The summed E-state index contributed by atoms with van der Waals surface area (Å²) in [6.45, 7) is 2.30. The van der Waals surface area contributed by atoms with Gasteiger partial charge in [-0.3, -0.25) is 23.6 Å². The Morgan fingerprint density at radius 1 is 1.06 bits per heavy atom. The molecule has 32 heavy (non-hydrogen) atoms. The van der Waals surface area contributed by atoms with E-state index in [1.54, 1.807) is 37.1 Å². The van der Waals surface area contributed by atoms with E-state index < -0.39 is 17.0 Å². The highest BCUT2D eigenvalue weighted by Gasteiger charge is 2.23. The largest absolute Gasteiger partial charge is 0.384 e. The first-order valence-electron chi connectivity index (χ1n) is 10.2. The van der Waals surface area contributed by atoms with Crippen molar-refractivity contribution in [3.63, 3.8) is 0 Å². The van der Waals surface area contributed by atoms with Crippen LogP contribution in [0.4, 0.5) is 5.82 Å². The quantitative estimate of drug-likeness (QED) is 0.545. The molecule has 0 amide bonds. The van der Waals surface area contributed by atoms with E-state index in [0.29, 0.717) is 12.1 Å². The zero-order valence-corrected chi connectivity index (χ0v) is 18.1. The van der Waals surface area contributed by atoms with Crippen LogP contribution in [0.25, 0.3) is 0 Å². The molecule has 1 aromatic heterocycles. The molecule has 3 rings (SSSR count). The van der Waals surface area contributed by atoms with Crippen molar-refractivity contribution in [2.45, 2.75) is 26.6 Å². The van der Waals surface area contributed by atoms with Gasteiger partial charge in [-0.15, -0.1) is 0 Å². The maximum Gasteiger partial charge on any atom is 0.332 e. The number of nitriles is 1. The number of nitrogen functional groups attached to an aromatic ring is 1. The minimum atomic E-state index is -0.677. The lowest BCUT2D eigenvalue weighted by molar-refractivity contribution is 0.0941. The summed E-state index contributed by atoms with van der Waals surface area (Å²) in [5, 5.41) is 9.06. The second-order valence-electron chi connectivity index (χ2n) is 7.57. The van der Waals surface area contributed by atoms with Crippen molar-refractivity contribution in [1.29, 1.82) is 5.26 Å². The van der Waals surface area contributed by atoms with E-state index >= 15 is 0 Å². The normalized spacial score (nSPS) is 10.8. The summed E-state index contributed by atoms with van der Waals surface area (Å²) in [5.74, 6) is -0.589. The first-order chi connectivity index (χ1) is 15.3. The van der Waals surface area contributed by atoms with Crippen LogP contribution in [0.3, 0.4) is 0 Å². The van der Waals surface area contributed by atoms with Crippen LogP contribution >= 0.6 is 0 Å². The fourth-order valence-corrected chi connectivity index (χ4v) is 3.61. The van der Waals surface area contributed by atoms with Crippen molar-refractivity contribution in [1.82, 2.24) is 14.0 Å². The topological polar surface area (TPSA) is 114 Å². The number of aromatic nitrogens is 2. The van der Waals surface area contributed by atoms with Gasteiger partial charge in [0.25, 0.3) is 5.56 Å². The number of hydrogen-bond donors (Lipinski definition) is 1. The summed E-state index contributed by atoms with van der Waals surface area (Å²) in [5.41, 5.74) is 7.03. The zero-order valence-electron chi connectivity index (χ0n) is 18.1. The molecule has 0 saturated carbocycles. The fourth-order valence-electron chi connectivity index (χ4n) is 3.61. The Balaban J connectivity index is 1.92. The molecule has 0 unspecified atom stereocenters. The first-order valence-corrected chi connectivity index (χ1v) is 10.2. The molecule has 0 spiro atoms. The highest BCUT2D eigenvalue weighted by Crippen LogP contribution is 2.12. The summed E-state index contributed by atoms with van der Waals surface area (Å²) in [6.07, 6.45) is 0. The van der Waals surface area contributed by atoms with Gasteiger partial charge in [-0.1, -0.05) is 42.5 Å². The maximum absolute atomic E-state index is 13.1. The predicted molar refractivity (Wildman–Crippen MR) is 122 cm³/mol. The number of nitrogens with zero attached hydrogens (tertiary/aromatic N) is 4. The summed E-state index contributed by atoms with van der Waals surface area (Å²) >= 11 is 0. The molecule has 1 heterocycles. The van der Waals surface area contributed by atoms with Crippen LogP contribution in [0.1, 0.15) is 34.0 Å². The Bertz CT molecular complexity index is 1290. The average molecular weight is 431 g/mol. The monoisotopic (exact) mass is 431 g/mol. The number of anilines is 1. The molecule has 2 N–H and O–H groups in total. The molecule has 164 valence electrons. The Morgan fingerprint density at radius 3 is 2.41 bits per heavy atom. The van der Waals surface area contributed by atoms with Gasteiger partial charge in [-0.05, 0) is 37.2 Å². The highest BCUT2D eigenvalue weighted by atomic mass is 16.2. The number of hydrogen-bond acceptors (Lipinski definition) is 6. The van der Waals surface area contributed by atoms with Gasteiger partial charge in [-0.2, -0.15) is 5.26 Å². The number of ketones is 1. The molecular formula is C24H25N5O3. The van der Waals surface area contributed by atoms with Gasteiger partial charge >= 0.3 is 5.69 Å². The third-order valence-electron chi connectivity index (χ3n) is 5.17. The Labute approximate surface area is 185 Å². The molecule has 8 nitrogen and oxygen atoms in total. The van der Waals surface area contributed by atoms with Crippen LogP contribution in [-0.2, 0) is 19.6 Å². The smallest absolute Gasteiger partial charge is 0.332 e. The summed E-state index contributed by atoms with van der Waals surface area (Å²) in [4.78, 5) is 40.6. The van der Waals surface area contributed by atoms with Crippen LogP contribution < -0.4 is 17.0 Å². The van der Waals surface area contributed by atoms with E-state index in [0.717, 1.165) is 15.7 Å². The Morgan fingerprint density at radius 2 is 1.75 bits per heavy atom. The van der Waals surface area contributed by atoms with Crippen LogP contribution in [0, 0.1) is 11.3 Å². The number of rotatable bonds is 8. The molecule has 3 aromatic rings. The molecule has 0 fully saturated rings. The minimum absolute atomic E-state index is 0.0660. The molecule has 0 aliphatic heterocycles. The van der Waals surface area contributed by atoms with Crippen molar-refractivity contribution >= 4 is 11.6 Å². The van der Waals surface area contributed by atoms with Crippen molar-refractivity contribution < 1.29 is 4.79 Å². The van der Waals surface area contributed by atoms with E-state index in [1.807, 2.05) is 36.4 Å². The molecule has 0 atom stereocenters. The second kappa shape index (κ2) is 9.90. The third kappa shape index (κ3) is 4.85. The second-order valence-corrected chi connectivity index (χ2v) is 7.57. The van der Waals surface area contributed by atoms with Gasteiger partial charge in [0.05, 0.1) is 24.7 Å². The van der Waals surface area contributed by atoms with Gasteiger partial charge in [0, 0.05) is 13.1 Å². The standard InChI is InChI=1S/C24H25N5O3/c1-3-28-23(31)21(22(26)29(24(28)32)15-17-8-5-4-6-9-17)20(30)16-27(2)14-19-11-7-10-18(12-19)13-25/h4-12H,3,14-16,26H2,1-2H3. The van der Waals surface area contributed by atoms with Gasteiger partial charge in [0.1, 0.15) is 11.4 Å². The first kappa shape index (κ1) is 22.7. The summed E-state index contributed by atoms with van der Waals surface area (Å²) in [6, 6.07) is 18.4. The van der Waals surface area contributed by atoms with Crippen molar-refractivity contribution in [2.24, 2.45) is 0 Å². The van der Waals surface area contributed by atoms with E-state index in [9.17, 15) is 14.4 Å². The molecule has 0 bridgehead atoms. The lowest BCUT2D eigenvalue weighted by Gasteiger charge is -2.19. The SMILES string of the molecule is CCn1c(=O)c(C(=O)CN(C)Cc2cccc(C#N)c2)c(N)n(Cc2ccccc2)c1=O. The molecule has 0 radical (unpaired) electrons. The van der Waals surface area contributed by atoms with Crippen LogP contribution in [-0.4, -0.2) is 33.4 Å². The number of likely N-dealkylation sites (N-methyl/N-ethyl adjacent to an activating group) is 1. The van der Waals surface area contributed by atoms with E-state index in [1.165, 1.54) is 4.57 Å². The van der Waals surface area contributed by atoms with E-state index in [2.05, 4.69) is 6.07 Å². The van der Waals surface area contributed by atoms with E-state index in [4.69, 9.17) is 11.0 Å². The molecule has 8 heteroatoms. The lowest BCUT2D eigenvalue weighted by atomic mass is 10.1. The van der Waals surface area contributed by atoms with Gasteiger partial charge < -0.3 is 5.73 Å². The van der Waals surface area contributed by atoms with Crippen LogP contribution in [0.5, 0.6) is 0 Å². The van der Waals surface area contributed by atoms with Crippen LogP contribution in [0.2, 0.25) is 0 Å². The van der Waals surface area contributed by atoms with Crippen molar-refractivity contribution in [3.8, 4) is 6.07 Å². The van der Waals surface area contributed by atoms with Crippen LogP contribution in [0.15, 0.2) is 64.2 Å². The number of carbonyl (C=O) groups excluding carboxylic acids is 1. The molecule has 0 aliphatic rings. The third-order valence-corrected chi connectivity index (χ3v) is 5.17. The molecule has 0 saturated heterocycles. The van der Waals surface area contributed by atoms with Crippen molar-refractivity contribution in [2.75, 3.05) is 19.3 Å². The Kier molecular flexibility index (Phi) is 7.03. The zero-order chi connectivity index (χ0) is 23.3. The predicted octanol–water partition coefficient (Wildman–Crippen LogP) is 1.85. The maximum atomic E-state index is 13.1. The van der Waals surface area contributed by atoms with Gasteiger partial charge in [0.15, 0.2) is 5.78 Å². The average Bonchev–Trinajstić information content (AvgIpc) is 2.77. The fraction of sp³-hybridized carbons (Fsp3) is 0.250. The minimum Gasteiger partial charge on any atom is -0.384 e. The number of benzene rings is 2. The van der Waals surface area contributed by atoms with E-state index in [-0.39, 0.29) is 31.0 Å². The van der Waals surface area contributed by atoms with Gasteiger partial charge in [0.2, 0.25) is 0 Å².